The molecule has 0 saturated heterocycles. The topological polar surface area (TPSA) is 78.9 Å². The van der Waals surface area contributed by atoms with E-state index >= 15 is 0 Å². The van der Waals surface area contributed by atoms with E-state index in [0.717, 1.165) is 103 Å². The largest absolute Gasteiger partial charge is 0.462 e. The monoisotopic (exact) mass is 859 g/mol. The number of carbonyl (C=O) groups is 3. The lowest BCUT2D eigenvalue weighted by Crippen LogP contribution is -2.30. The van der Waals surface area contributed by atoms with E-state index in [9.17, 15) is 14.4 Å². The molecule has 0 fully saturated rings. The summed E-state index contributed by atoms with van der Waals surface area (Å²) >= 11 is 0. The van der Waals surface area contributed by atoms with Gasteiger partial charge in [-0.1, -0.05) is 207 Å². The van der Waals surface area contributed by atoms with Gasteiger partial charge in [-0.05, 0) is 89.9 Å². The van der Waals surface area contributed by atoms with Crippen LogP contribution in [0.1, 0.15) is 207 Å². The Labute approximate surface area is 380 Å². The van der Waals surface area contributed by atoms with Crippen molar-refractivity contribution in [2.45, 2.75) is 213 Å². The van der Waals surface area contributed by atoms with Crippen LogP contribution in [-0.4, -0.2) is 37.2 Å². The first-order valence-corrected chi connectivity index (χ1v) is 24.9. The molecular formula is C56H90O6. The van der Waals surface area contributed by atoms with Gasteiger partial charge < -0.3 is 14.2 Å². The van der Waals surface area contributed by atoms with Crippen LogP contribution in [0.25, 0.3) is 0 Å². The first-order valence-electron chi connectivity index (χ1n) is 24.9. The van der Waals surface area contributed by atoms with Crippen LogP contribution in [0.4, 0.5) is 0 Å². The van der Waals surface area contributed by atoms with Crippen LogP contribution in [0.2, 0.25) is 0 Å². The Kier molecular flexibility index (Phi) is 46.6. The second-order valence-corrected chi connectivity index (χ2v) is 16.0. The van der Waals surface area contributed by atoms with Gasteiger partial charge in [-0.2, -0.15) is 0 Å². The van der Waals surface area contributed by atoms with Gasteiger partial charge in [0.2, 0.25) is 0 Å². The number of rotatable bonds is 43. The van der Waals surface area contributed by atoms with Crippen LogP contribution >= 0.6 is 0 Å². The Balaban J connectivity index is 4.52. The fourth-order valence-electron chi connectivity index (χ4n) is 6.36. The molecule has 0 spiro atoms. The molecule has 0 aromatic rings. The number of esters is 3. The molecule has 0 N–H and O–H groups in total. The Morgan fingerprint density at radius 1 is 0.339 bits per heavy atom. The summed E-state index contributed by atoms with van der Waals surface area (Å²) in [5.41, 5.74) is 0. The van der Waals surface area contributed by atoms with E-state index in [-0.39, 0.29) is 31.6 Å². The van der Waals surface area contributed by atoms with Crippen molar-refractivity contribution in [3.63, 3.8) is 0 Å². The highest BCUT2D eigenvalue weighted by Crippen LogP contribution is 2.13. The molecule has 1 unspecified atom stereocenters. The van der Waals surface area contributed by atoms with E-state index in [2.05, 4.69) is 118 Å². The summed E-state index contributed by atoms with van der Waals surface area (Å²) in [4.78, 5) is 37.9. The highest BCUT2D eigenvalue weighted by Gasteiger charge is 2.19. The van der Waals surface area contributed by atoms with Gasteiger partial charge in [-0.3, -0.25) is 14.4 Å². The van der Waals surface area contributed by atoms with Crippen LogP contribution < -0.4 is 0 Å². The van der Waals surface area contributed by atoms with Crippen molar-refractivity contribution in [3.8, 4) is 0 Å². The zero-order valence-corrected chi connectivity index (χ0v) is 39.8. The Morgan fingerprint density at radius 3 is 1.05 bits per heavy atom. The predicted molar refractivity (Wildman–Crippen MR) is 265 cm³/mol. The van der Waals surface area contributed by atoms with E-state index in [4.69, 9.17) is 14.2 Å². The Hall–Kier alpha value is -3.93. The summed E-state index contributed by atoms with van der Waals surface area (Å²) in [5, 5.41) is 0. The van der Waals surface area contributed by atoms with E-state index in [1.54, 1.807) is 0 Å². The quantitative estimate of drug-likeness (QED) is 0.0263. The first kappa shape index (κ1) is 58.1. The summed E-state index contributed by atoms with van der Waals surface area (Å²) < 4.78 is 16.7. The molecule has 1 atom stereocenters. The fourth-order valence-corrected chi connectivity index (χ4v) is 6.36. The molecule has 0 bridgehead atoms. The van der Waals surface area contributed by atoms with Gasteiger partial charge in [0.15, 0.2) is 6.10 Å². The molecule has 0 rings (SSSR count). The molecule has 6 nitrogen and oxygen atoms in total. The molecule has 0 aliphatic rings. The highest BCUT2D eigenvalue weighted by atomic mass is 16.6. The molecule has 0 radical (unpaired) electrons. The van der Waals surface area contributed by atoms with Gasteiger partial charge >= 0.3 is 17.9 Å². The Bertz CT molecular complexity index is 1310. The molecule has 0 heterocycles. The molecule has 6 heteroatoms. The molecular weight excluding hydrogens is 769 g/mol. The van der Waals surface area contributed by atoms with Crippen molar-refractivity contribution in [1.82, 2.24) is 0 Å². The standard InChI is InChI=1S/C56H90O6/c1-4-7-10-13-16-19-22-25-26-27-28-29-30-32-34-37-40-43-46-49-55(58)61-52-53(51-60-54(57)48-45-42-39-36-33-24-21-18-15-12-9-6-3)62-56(59)50-47-44-41-38-35-31-23-20-17-14-11-8-5-2/h7-8,10-11,16-17,19-20,25-26,28-29,31-32,34-35,41,44,53H,4-6,9,12-15,18,21-24,27,30,33,36-40,42-43,45-52H2,1-3H3/b10-7-,11-8-,19-16-,20-17-,26-25-,29-28-,34-32-,35-31-,44-41-. The molecule has 0 aromatic heterocycles. The third-order valence-electron chi connectivity index (χ3n) is 10.0. The van der Waals surface area contributed by atoms with Gasteiger partial charge in [0, 0.05) is 19.3 Å². The van der Waals surface area contributed by atoms with E-state index in [1.165, 1.54) is 57.8 Å². The average molecular weight is 859 g/mol. The van der Waals surface area contributed by atoms with Gasteiger partial charge in [0.25, 0.3) is 0 Å². The lowest BCUT2D eigenvalue weighted by Gasteiger charge is -2.18. The number of hydrogen-bond donors (Lipinski definition) is 0. The van der Waals surface area contributed by atoms with Gasteiger partial charge in [-0.25, -0.2) is 0 Å². The maximum atomic E-state index is 12.7. The number of carbonyl (C=O) groups excluding carboxylic acids is 3. The number of allylic oxidation sites excluding steroid dienone is 18. The summed E-state index contributed by atoms with van der Waals surface area (Å²) in [6, 6.07) is 0. The van der Waals surface area contributed by atoms with Crippen LogP contribution in [0.15, 0.2) is 109 Å². The number of hydrogen-bond acceptors (Lipinski definition) is 6. The third kappa shape index (κ3) is 47.1. The second-order valence-electron chi connectivity index (χ2n) is 16.0. The van der Waals surface area contributed by atoms with E-state index in [0.29, 0.717) is 19.3 Å². The van der Waals surface area contributed by atoms with Crippen molar-refractivity contribution in [3.05, 3.63) is 109 Å². The fraction of sp³-hybridized carbons (Fsp3) is 0.625. The average Bonchev–Trinajstić information content (AvgIpc) is 3.27. The predicted octanol–water partition coefficient (Wildman–Crippen LogP) is 16.4. The van der Waals surface area contributed by atoms with E-state index in [1.807, 2.05) is 12.2 Å². The molecule has 62 heavy (non-hydrogen) atoms. The van der Waals surface area contributed by atoms with Gasteiger partial charge in [0.05, 0.1) is 0 Å². The minimum Gasteiger partial charge on any atom is -0.462 e. The van der Waals surface area contributed by atoms with E-state index < -0.39 is 12.1 Å². The number of unbranched alkanes of at least 4 members (excludes halogenated alkanes) is 14. The summed E-state index contributed by atoms with van der Waals surface area (Å²) in [6.07, 6.45) is 66.6. The third-order valence-corrected chi connectivity index (χ3v) is 10.0. The molecule has 0 aromatic carbocycles. The first-order chi connectivity index (χ1) is 30.5. The molecule has 0 saturated carbocycles. The normalized spacial score (nSPS) is 13.0. The number of ether oxygens (including phenoxy) is 3. The van der Waals surface area contributed by atoms with Crippen molar-refractivity contribution in [2.24, 2.45) is 0 Å². The van der Waals surface area contributed by atoms with Gasteiger partial charge in [-0.15, -0.1) is 0 Å². The highest BCUT2D eigenvalue weighted by molar-refractivity contribution is 5.71. The van der Waals surface area contributed by atoms with Crippen molar-refractivity contribution < 1.29 is 28.6 Å². The smallest absolute Gasteiger partial charge is 0.306 e. The summed E-state index contributed by atoms with van der Waals surface area (Å²) in [5.74, 6) is -1.04. The second kappa shape index (κ2) is 49.7. The molecule has 0 aliphatic carbocycles. The maximum Gasteiger partial charge on any atom is 0.306 e. The minimum absolute atomic E-state index is 0.118. The van der Waals surface area contributed by atoms with Crippen LogP contribution in [-0.2, 0) is 28.6 Å². The summed E-state index contributed by atoms with van der Waals surface area (Å²) in [7, 11) is 0. The lowest BCUT2D eigenvalue weighted by atomic mass is 10.0. The van der Waals surface area contributed by atoms with Crippen molar-refractivity contribution in [2.75, 3.05) is 13.2 Å². The zero-order valence-electron chi connectivity index (χ0n) is 39.8. The molecule has 0 aliphatic heterocycles. The molecule has 0 amide bonds. The Morgan fingerprint density at radius 2 is 0.661 bits per heavy atom. The zero-order chi connectivity index (χ0) is 45.1. The molecule has 350 valence electrons. The van der Waals surface area contributed by atoms with Gasteiger partial charge in [0.1, 0.15) is 13.2 Å². The minimum atomic E-state index is -0.829. The SMILES string of the molecule is CC/C=C\C/C=C\C/C=C\C/C=C\C/C=C\CCCCCC(=O)OCC(COC(=O)CCCCCCCCCCCCCC)OC(=O)CC/C=C\C/C=C\C/C=C\C/C=C\CC. The van der Waals surface area contributed by atoms with Crippen molar-refractivity contribution in [1.29, 1.82) is 0 Å². The van der Waals surface area contributed by atoms with Crippen molar-refractivity contribution >= 4 is 17.9 Å². The van der Waals surface area contributed by atoms with Crippen LogP contribution in [0.5, 0.6) is 0 Å². The lowest BCUT2D eigenvalue weighted by molar-refractivity contribution is -0.166. The van der Waals surface area contributed by atoms with Crippen LogP contribution in [0, 0.1) is 0 Å². The maximum absolute atomic E-state index is 12.7. The summed E-state index contributed by atoms with van der Waals surface area (Å²) in [6.45, 7) is 6.29. The van der Waals surface area contributed by atoms with Crippen LogP contribution in [0.3, 0.4) is 0 Å².